The maximum atomic E-state index is 12.6. The molecule has 0 aromatic heterocycles. The zero-order valence-electron chi connectivity index (χ0n) is 14.2. The molecule has 0 atom stereocenters. The molecule has 0 aliphatic carbocycles. The van der Waals surface area contributed by atoms with Crippen molar-refractivity contribution in [1.82, 2.24) is 9.62 Å². The quantitative estimate of drug-likeness (QED) is 0.819. The lowest BCUT2D eigenvalue weighted by Crippen LogP contribution is -2.29. The molecule has 5 heteroatoms. The van der Waals surface area contributed by atoms with Crippen LogP contribution in [0.15, 0.2) is 11.0 Å². The van der Waals surface area contributed by atoms with Crippen LogP contribution in [0.5, 0.6) is 0 Å². The fraction of sp³-hybridized carbons (Fsp3) is 0.647. The minimum Gasteiger partial charge on any atom is -0.303 e. The van der Waals surface area contributed by atoms with Crippen molar-refractivity contribution >= 4 is 10.0 Å². The van der Waals surface area contributed by atoms with Crippen molar-refractivity contribution in [3.05, 3.63) is 28.3 Å². The minimum atomic E-state index is -3.43. The van der Waals surface area contributed by atoms with Crippen molar-refractivity contribution in [2.75, 3.05) is 26.2 Å². The summed E-state index contributed by atoms with van der Waals surface area (Å²) in [6.45, 7) is 11.5. The SMILES string of the molecule is Cc1cc(C)c(C)c(S(=O)(=O)NCCCN2CCCC2)c1C. The van der Waals surface area contributed by atoms with E-state index in [-0.39, 0.29) is 0 Å². The molecule has 22 heavy (non-hydrogen) atoms. The first-order chi connectivity index (χ1) is 10.3. The van der Waals surface area contributed by atoms with Gasteiger partial charge in [0.2, 0.25) is 10.0 Å². The average Bonchev–Trinajstić information content (AvgIpc) is 2.95. The standard InChI is InChI=1S/C17H28N2O2S/c1-13-12-14(2)16(4)17(15(13)3)22(20,21)18-8-7-11-19-9-5-6-10-19/h12,18H,5-11H2,1-4H3. The van der Waals surface area contributed by atoms with E-state index in [9.17, 15) is 8.42 Å². The number of hydrogen-bond donors (Lipinski definition) is 1. The molecule has 124 valence electrons. The van der Waals surface area contributed by atoms with E-state index in [0.29, 0.717) is 11.4 Å². The molecule has 1 heterocycles. The molecule has 0 bridgehead atoms. The monoisotopic (exact) mass is 324 g/mol. The van der Waals surface area contributed by atoms with E-state index in [1.54, 1.807) is 0 Å². The molecule has 1 fully saturated rings. The minimum absolute atomic E-state index is 0.464. The summed E-state index contributed by atoms with van der Waals surface area (Å²) in [6.07, 6.45) is 3.40. The summed E-state index contributed by atoms with van der Waals surface area (Å²) < 4.78 is 28.1. The van der Waals surface area contributed by atoms with Gasteiger partial charge in [-0.2, -0.15) is 0 Å². The van der Waals surface area contributed by atoms with Crippen LogP contribution in [0, 0.1) is 27.7 Å². The fourth-order valence-corrected chi connectivity index (χ4v) is 4.86. The topological polar surface area (TPSA) is 49.4 Å². The van der Waals surface area contributed by atoms with Gasteiger partial charge in [0, 0.05) is 6.54 Å². The number of rotatable bonds is 6. The molecular formula is C17H28N2O2S. The van der Waals surface area contributed by atoms with Crippen LogP contribution in [0.4, 0.5) is 0 Å². The Morgan fingerprint density at radius 3 is 2.14 bits per heavy atom. The Kier molecular flexibility index (Phi) is 5.64. The molecule has 1 aliphatic heterocycles. The van der Waals surface area contributed by atoms with E-state index >= 15 is 0 Å². The molecule has 4 nitrogen and oxygen atoms in total. The van der Waals surface area contributed by atoms with Gasteiger partial charge in [-0.15, -0.1) is 0 Å². The number of aryl methyl sites for hydroxylation is 2. The smallest absolute Gasteiger partial charge is 0.241 e. The summed E-state index contributed by atoms with van der Waals surface area (Å²) in [5.41, 5.74) is 3.77. The zero-order valence-corrected chi connectivity index (χ0v) is 15.0. The maximum Gasteiger partial charge on any atom is 0.241 e. The highest BCUT2D eigenvalue weighted by Gasteiger charge is 2.21. The molecule has 1 saturated heterocycles. The van der Waals surface area contributed by atoms with Crippen molar-refractivity contribution < 1.29 is 8.42 Å². The molecule has 0 spiro atoms. The Hall–Kier alpha value is -0.910. The summed E-state index contributed by atoms with van der Waals surface area (Å²) >= 11 is 0. The summed E-state index contributed by atoms with van der Waals surface area (Å²) in [5.74, 6) is 0. The van der Waals surface area contributed by atoms with Gasteiger partial charge in [0.15, 0.2) is 0 Å². The van der Waals surface area contributed by atoms with Gasteiger partial charge in [0.25, 0.3) is 0 Å². The summed E-state index contributed by atoms with van der Waals surface area (Å²) in [7, 11) is -3.43. The summed E-state index contributed by atoms with van der Waals surface area (Å²) in [5, 5.41) is 0. The van der Waals surface area contributed by atoms with E-state index in [2.05, 4.69) is 15.7 Å². The predicted octanol–water partition coefficient (Wildman–Crippen LogP) is 2.68. The lowest BCUT2D eigenvalue weighted by atomic mass is 10.0. The first-order valence-electron chi connectivity index (χ1n) is 8.12. The molecule has 0 amide bonds. The predicted molar refractivity (Wildman–Crippen MR) is 90.9 cm³/mol. The first-order valence-corrected chi connectivity index (χ1v) is 9.60. The number of nitrogens with zero attached hydrogens (tertiary/aromatic N) is 1. The maximum absolute atomic E-state index is 12.6. The molecule has 0 radical (unpaired) electrons. The van der Waals surface area contributed by atoms with Gasteiger partial charge in [-0.25, -0.2) is 13.1 Å². The third-order valence-corrected chi connectivity index (χ3v) is 6.44. The van der Waals surface area contributed by atoms with Gasteiger partial charge in [-0.05, 0) is 88.8 Å². The fourth-order valence-electron chi connectivity index (χ4n) is 3.17. The second-order valence-corrected chi connectivity index (χ2v) is 8.09. The van der Waals surface area contributed by atoms with Crippen LogP contribution >= 0.6 is 0 Å². The average molecular weight is 324 g/mol. The van der Waals surface area contributed by atoms with Crippen LogP contribution in [0.25, 0.3) is 0 Å². The highest BCUT2D eigenvalue weighted by atomic mass is 32.2. The molecule has 1 aliphatic rings. The number of nitrogens with one attached hydrogen (secondary N) is 1. The van der Waals surface area contributed by atoms with Gasteiger partial charge < -0.3 is 4.90 Å². The molecule has 1 aromatic rings. The van der Waals surface area contributed by atoms with Crippen molar-refractivity contribution in [2.45, 2.75) is 51.9 Å². The van der Waals surface area contributed by atoms with Gasteiger partial charge in [-0.3, -0.25) is 0 Å². The van der Waals surface area contributed by atoms with Crippen molar-refractivity contribution in [2.24, 2.45) is 0 Å². The van der Waals surface area contributed by atoms with Gasteiger partial charge in [-0.1, -0.05) is 6.07 Å². The normalized spacial score (nSPS) is 16.4. The first kappa shape index (κ1) is 17.4. The van der Waals surface area contributed by atoms with E-state index < -0.39 is 10.0 Å². The number of hydrogen-bond acceptors (Lipinski definition) is 3. The second-order valence-electron chi connectivity index (χ2n) is 6.39. The Bertz CT molecular complexity index is 606. The van der Waals surface area contributed by atoms with E-state index in [4.69, 9.17) is 0 Å². The van der Waals surface area contributed by atoms with Crippen molar-refractivity contribution in [3.8, 4) is 0 Å². The van der Waals surface area contributed by atoms with Gasteiger partial charge in [0.05, 0.1) is 4.90 Å². The Labute approximate surface area is 135 Å². The van der Waals surface area contributed by atoms with Gasteiger partial charge >= 0.3 is 0 Å². The molecule has 0 unspecified atom stereocenters. The van der Waals surface area contributed by atoms with Crippen LogP contribution in [0.1, 0.15) is 41.5 Å². The molecule has 0 saturated carbocycles. The molecular weight excluding hydrogens is 296 g/mol. The van der Waals surface area contributed by atoms with Crippen molar-refractivity contribution in [3.63, 3.8) is 0 Å². The number of sulfonamides is 1. The lowest BCUT2D eigenvalue weighted by Gasteiger charge is -2.17. The largest absolute Gasteiger partial charge is 0.303 e. The lowest BCUT2D eigenvalue weighted by molar-refractivity contribution is 0.334. The van der Waals surface area contributed by atoms with E-state index in [1.807, 2.05) is 27.7 Å². The Morgan fingerprint density at radius 2 is 1.59 bits per heavy atom. The second kappa shape index (κ2) is 7.11. The van der Waals surface area contributed by atoms with E-state index in [1.165, 1.54) is 12.8 Å². The highest BCUT2D eigenvalue weighted by Crippen LogP contribution is 2.25. The van der Waals surface area contributed by atoms with E-state index in [0.717, 1.165) is 48.3 Å². The summed E-state index contributed by atoms with van der Waals surface area (Å²) in [6, 6.07) is 2.05. The Balaban J connectivity index is 2.04. The van der Waals surface area contributed by atoms with Crippen LogP contribution in [0.2, 0.25) is 0 Å². The highest BCUT2D eigenvalue weighted by molar-refractivity contribution is 7.89. The third-order valence-electron chi connectivity index (χ3n) is 4.71. The molecule has 1 N–H and O–H groups in total. The Morgan fingerprint density at radius 1 is 1.05 bits per heavy atom. The molecule has 2 rings (SSSR count). The molecule has 1 aromatic carbocycles. The van der Waals surface area contributed by atoms with Crippen LogP contribution in [-0.2, 0) is 10.0 Å². The van der Waals surface area contributed by atoms with Crippen molar-refractivity contribution in [1.29, 1.82) is 0 Å². The van der Waals surface area contributed by atoms with Crippen LogP contribution in [0.3, 0.4) is 0 Å². The van der Waals surface area contributed by atoms with Crippen LogP contribution in [-0.4, -0.2) is 39.5 Å². The van der Waals surface area contributed by atoms with Gasteiger partial charge in [0.1, 0.15) is 0 Å². The summed E-state index contributed by atoms with van der Waals surface area (Å²) in [4.78, 5) is 2.87. The zero-order chi connectivity index (χ0) is 16.3. The number of benzene rings is 1. The van der Waals surface area contributed by atoms with Crippen LogP contribution < -0.4 is 4.72 Å². The number of likely N-dealkylation sites (tertiary alicyclic amines) is 1. The third kappa shape index (κ3) is 3.89.